The average Bonchev–Trinajstić information content (AvgIpc) is 2.62. The third kappa shape index (κ3) is 4.85. The number of pyridine rings is 1. The predicted octanol–water partition coefficient (Wildman–Crippen LogP) is 6.34. The van der Waals surface area contributed by atoms with Gasteiger partial charge >= 0.3 is 0 Å². The Morgan fingerprint density at radius 2 is 1.81 bits per heavy atom. The van der Waals surface area contributed by atoms with E-state index >= 15 is 0 Å². The molecule has 138 valence electrons. The summed E-state index contributed by atoms with van der Waals surface area (Å²) in [6.45, 7) is 15.3. The van der Waals surface area contributed by atoms with Crippen molar-refractivity contribution in [3.8, 4) is 11.3 Å². The molecule has 2 heteroatoms. The van der Waals surface area contributed by atoms with Crippen LogP contribution in [0.25, 0.3) is 16.8 Å². The van der Waals surface area contributed by atoms with Crippen molar-refractivity contribution in [2.75, 3.05) is 13.1 Å². The lowest BCUT2D eigenvalue weighted by atomic mass is 9.91. The van der Waals surface area contributed by atoms with Gasteiger partial charge in [0.1, 0.15) is 0 Å². The van der Waals surface area contributed by atoms with Crippen molar-refractivity contribution in [2.45, 2.75) is 41.5 Å². The van der Waals surface area contributed by atoms with Gasteiger partial charge in [0.25, 0.3) is 0 Å². The maximum atomic E-state index is 4.62. The number of aromatic nitrogens is 1. The van der Waals surface area contributed by atoms with Crippen molar-refractivity contribution in [1.82, 2.24) is 9.88 Å². The highest BCUT2D eigenvalue weighted by Crippen LogP contribution is 2.33. The molecule has 26 heavy (non-hydrogen) atoms. The molecule has 0 aliphatic heterocycles. The van der Waals surface area contributed by atoms with Gasteiger partial charge in [-0.1, -0.05) is 44.2 Å². The molecule has 0 aliphatic rings. The van der Waals surface area contributed by atoms with Crippen LogP contribution in [0.5, 0.6) is 0 Å². The van der Waals surface area contributed by atoms with E-state index in [1.165, 1.54) is 28.0 Å². The molecule has 0 spiro atoms. The van der Waals surface area contributed by atoms with Crippen LogP contribution in [0, 0.1) is 12.8 Å². The maximum Gasteiger partial charge on any atom is 0.0710 e. The summed E-state index contributed by atoms with van der Waals surface area (Å²) in [5, 5.41) is 0. The summed E-state index contributed by atoms with van der Waals surface area (Å²) in [5.41, 5.74) is 7.34. The highest BCUT2D eigenvalue weighted by Gasteiger charge is 2.13. The second kappa shape index (κ2) is 9.38. The molecule has 0 aliphatic carbocycles. The molecule has 0 amide bonds. The van der Waals surface area contributed by atoms with Gasteiger partial charge in [-0.3, -0.25) is 4.98 Å². The minimum Gasteiger partial charge on any atom is -0.376 e. The zero-order chi connectivity index (χ0) is 19.1. The number of nitrogens with zero attached hydrogens (tertiary/aromatic N) is 2. The van der Waals surface area contributed by atoms with Crippen molar-refractivity contribution in [2.24, 2.45) is 5.92 Å². The van der Waals surface area contributed by atoms with Gasteiger partial charge < -0.3 is 4.90 Å². The summed E-state index contributed by atoms with van der Waals surface area (Å²) in [6.07, 6.45) is 6.55. The summed E-state index contributed by atoms with van der Waals surface area (Å²) in [4.78, 5) is 7.01. The Labute approximate surface area is 159 Å². The van der Waals surface area contributed by atoms with Crippen molar-refractivity contribution in [1.29, 1.82) is 0 Å². The van der Waals surface area contributed by atoms with E-state index in [1.807, 2.05) is 12.3 Å². The Hall–Kier alpha value is -2.35. The van der Waals surface area contributed by atoms with Crippen LogP contribution in [-0.4, -0.2) is 23.0 Å². The summed E-state index contributed by atoms with van der Waals surface area (Å²) < 4.78 is 0. The normalized spacial score (nSPS) is 12.6. The van der Waals surface area contributed by atoms with Gasteiger partial charge in [-0.25, -0.2) is 0 Å². The SMILES string of the molecule is CCN(CC)/C(C)=C/C(=C\C(C)C)c1cccc(C)c1-c1ccccn1. The van der Waals surface area contributed by atoms with Gasteiger partial charge in [-0.05, 0) is 68.5 Å². The third-order valence-electron chi connectivity index (χ3n) is 4.64. The van der Waals surface area contributed by atoms with Crippen molar-refractivity contribution in [3.05, 3.63) is 71.6 Å². The van der Waals surface area contributed by atoms with Crippen LogP contribution in [-0.2, 0) is 0 Å². The molecule has 0 unspecified atom stereocenters. The lowest BCUT2D eigenvalue weighted by Gasteiger charge is -2.23. The van der Waals surface area contributed by atoms with E-state index in [2.05, 4.69) is 93.9 Å². The highest BCUT2D eigenvalue weighted by atomic mass is 15.1. The number of hydrogen-bond acceptors (Lipinski definition) is 2. The quantitative estimate of drug-likeness (QED) is 0.543. The topological polar surface area (TPSA) is 16.1 Å². The molecule has 1 heterocycles. The lowest BCUT2D eigenvalue weighted by molar-refractivity contribution is 0.384. The fourth-order valence-corrected chi connectivity index (χ4v) is 3.37. The number of hydrogen-bond donors (Lipinski definition) is 0. The zero-order valence-corrected chi connectivity index (χ0v) is 17.1. The van der Waals surface area contributed by atoms with Gasteiger partial charge in [0.2, 0.25) is 0 Å². The monoisotopic (exact) mass is 348 g/mol. The van der Waals surface area contributed by atoms with Crippen LogP contribution in [0.1, 0.15) is 45.7 Å². The minimum absolute atomic E-state index is 0.475. The Morgan fingerprint density at radius 3 is 2.38 bits per heavy atom. The molecule has 0 radical (unpaired) electrons. The molecule has 1 aromatic carbocycles. The maximum absolute atomic E-state index is 4.62. The number of rotatable bonds is 7. The Kier molecular flexibility index (Phi) is 7.20. The molecule has 2 nitrogen and oxygen atoms in total. The van der Waals surface area contributed by atoms with E-state index in [9.17, 15) is 0 Å². The van der Waals surface area contributed by atoms with Crippen molar-refractivity contribution >= 4 is 5.57 Å². The van der Waals surface area contributed by atoms with Crippen molar-refractivity contribution < 1.29 is 0 Å². The van der Waals surface area contributed by atoms with E-state index in [1.54, 1.807) is 0 Å². The second-order valence-corrected chi connectivity index (χ2v) is 7.04. The zero-order valence-electron chi connectivity index (χ0n) is 17.1. The third-order valence-corrected chi connectivity index (χ3v) is 4.64. The Morgan fingerprint density at radius 1 is 1.08 bits per heavy atom. The molecule has 2 rings (SSSR count). The number of allylic oxidation sites excluding steroid dienone is 4. The first-order valence-corrected chi connectivity index (χ1v) is 9.64. The molecule has 0 saturated carbocycles. The predicted molar refractivity (Wildman–Crippen MR) is 114 cm³/mol. The van der Waals surface area contributed by atoms with Crippen LogP contribution in [0.15, 0.2) is 60.4 Å². The summed E-state index contributed by atoms with van der Waals surface area (Å²) >= 11 is 0. The smallest absolute Gasteiger partial charge is 0.0710 e. The van der Waals surface area contributed by atoms with Gasteiger partial charge in [-0.2, -0.15) is 0 Å². The van der Waals surface area contributed by atoms with Crippen LogP contribution >= 0.6 is 0 Å². The van der Waals surface area contributed by atoms with Crippen LogP contribution in [0.3, 0.4) is 0 Å². The second-order valence-electron chi connectivity index (χ2n) is 7.04. The average molecular weight is 349 g/mol. The highest BCUT2D eigenvalue weighted by molar-refractivity contribution is 5.86. The fraction of sp³-hybridized carbons (Fsp3) is 0.375. The molecule has 2 aromatic rings. The van der Waals surface area contributed by atoms with Gasteiger partial charge in [0.05, 0.1) is 5.69 Å². The van der Waals surface area contributed by atoms with Crippen LogP contribution in [0.4, 0.5) is 0 Å². The van der Waals surface area contributed by atoms with Crippen LogP contribution < -0.4 is 0 Å². The molecule has 0 N–H and O–H groups in total. The number of aryl methyl sites for hydroxylation is 1. The fourth-order valence-electron chi connectivity index (χ4n) is 3.37. The summed E-state index contributed by atoms with van der Waals surface area (Å²) in [7, 11) is 0. The summed E-state index contributed by atoms with van der Waals surface area (Å²) in [5.74, 6) is 0.475. The van der Waals surface area contributed by atoms with E-state index < -0.39 is 0 Å². The molecule has 1 aromatic heterocycles. The lowest BCUT2D eigenvalue weighted by Crippen LogP contribution is -2.20. The first-order chi connectivity index (χ1) is 12.5. The molecule has 0 bridgehead atoms. The van der Waals surface area contributed by atoms with Gasteiger partial charge in [0.15, 0.2) is 0 Å². The van der Waals surface area contributed by atoms with Gasteiger partial charge in [-0.15, -0.1) is 0 Å². The molecule has 0 saturated heterocycles. The van der Waals surface area contributed by atoms with E-state index in [-0.39, 0.29) is 0 Å². The summed E-state index contributed by atoms with van der Waals surface area (Å²) in [6, 6.07) is 12.7. The molecule has 0 fully saturated rings. The van der Waals surface area contributed by atoms with E-state index in [0.29, 0.717) is 5.92 Å². The van der Waals surface area contributed by atoms with Crippen LogP contribution in [0.2, 0.25) is 0 Å². The van der Waals surface area contributed by atoms with Gasteiger partial charge in [0, 0.05) is 30.5 Å². The Balaban J connectivity index is 2.64. The standard InChI is InChI=1S/C24H32N2/c1-7-26(8-2)20(6)17-21(16-18(3)4)22-13-11-12-19(5)24(22)23-14-9-10-15-25-23/h9-18H,7-8H2,1-6H3/b20-17+,21-16+. The molecule has 0 atom stereocenters. The molecular formula is C24H32N2. The first-order valence-electron chi connectivity index (χ1n) is 9.64. The first kappa shape index (κ1) is 20.0. The van der Waals surface area contributed by atoms with E-state index in [4.69, 9.17) is 0 Å². The van der Waals surface area contributed by atoms with E-state index in [0.717, 1.165) is 18.8 Å². The molecular weight excluding hydrogens is 316 g/mol. The Bertz CT molecular complexity index is 766. The number of benzene rings is 1. The minimum atomic E-state index is 0.475. The van der Waals surface area contributed by atoms with Crippen molar-refractivity contribution in [3.63, 3.8) is 0 Å². The largest absolute Gasteiger partial charge is 0.376 e.